The topological polar surface area (TPSA) is 51.2 Å². The SMILES string of the molecule is CC(C)(C)Oc1cc(OCOCCO)ccc1N1CCCC1. The molecule has 0 saturated carbocycles. The molecule has 1 saturated heterocycles. The molecule has 0 amide bonds. The first kappa shape index (κ1) is 16.9. The Balaban J connectivity index is 2.11. The Hall–Kier alpha value is -1.46. The molecule has 1 aliphatic rings. The van der Waals surface area contributed by atoms with Crippen LogP contribution in [-0.2, 0) is 4.74 Å². The average molecular weight is 309 g/mol. The van der Waals surface area contributed by atoms with Gasteiger partial charge in [-0.1, -0.05) is 0 Å². The highest BCUT2D eigenvalue weighted by Crippen LogP contribution is 2.36. The molecule has 1 aromatic carbocycles. The number of aliphatic hydroxyl groups is 1. The van der Waals surface area contributed by atoms with Gasteiger partial charge >= 0.3 is 0 Å². The first-order valence-electron chi connectivity index (χ1n) is 7.89. The third-order valence-corrected chi connectivity index (χ3v) is 3.34. The van der Waals surface area contributed by atoms with Crippen molar-refractivity contribution < 1.29 is 19.3 Å². The lowest BCUT2D eigenvalue weighted by Gasteiger charge is -2.27. The molecule has 1 N–H and O–H groups in total. The molecular weight excluding hydrogens is 282 g/mol. The summed E-state index contributed by atoms with van der Waals surface area (Å²) in [7, 11) is 0. The molecule has 2 rings (SSSR count). The molecule has 1 heterocycles. The highest BCUT2D eigenvalue weighted by Gasteiger charge is 2.21. The van der Waals surface area contributed by atoms with Crippen LogP contribution in [0, 0.1) is 0 Å². The number of rotatable bonds is 7. The van der Waals surface area contributed by atoms with Gasteiger partial charge in [-0.05, 0) is 45.7 Å². The van der Waals surface area contributed by atoms with E-state index in [4.69, 9.17) is 19.3 Å². The van der Waals surface area contributed by atoms with Crippen LogP contribution < -0.4 is 14.4 Å². The zero-order valence-corrected chi connectivity index (χ0v) is 13.8. The maximum Gasteiger partial charge on any atom is 0.189 e. The third-order valence-electron chi connectivity index (χ3n) is 3.34. The van der Waals surface area contributed by atoms with E-state index in [1.165, 1.54) is 12.8 Å². The first-order valence-corrected chi connectivity index (χ1v) is 7.89. The Morgan fingerprint density at radius 1 is 1.18 bits per heavy atom. The highest BCUT2D eigenvalue weighted by molar-refractivity contribution is 5.61. The van der Waals surface area contributed by atoms with Crippen molar-refractivity contribution in [2.75, 3.05) is 38.0 Å². The second kappa shape index (κ2) is 7.70. The largest absolute Gasteiger partial charge is 0.486 e. The molecule has 1 aliphatic heterocycles. The van der Waals surface area contributed by atoms with Crippen molar-refractivity contribution in [3.63, 3.8) is 0 Å². The van der Waals surface area contributed by atoms with E-state index in [-0.39, 0.29) is 25.6 Å². The quantitative estimate of drug-likeness (QED) is 0.620. The second-order valence-electron chi connectivity index (χ2n) is 6.43. The summed E-state index contributed by atoms with van der Waals surface area (Å²) in [4.78, 5) is 2.35. The minimum Gasteiger partial charge on any atom is -0.486 e. The van der Waals surface area contributed by atoms with Crippen LogP contribution in [-0.4, -0.2) is 43.8 Å². The van der Waals surface area contributed by atoms with Crippen molar-refractivity contribution in [1.29, 1.82) is 0 Å². The summed E-state index contributed by atoms with van der Waals surface area (Å²) in [6.07, 6.45) is 2.45. The number of ether oxygens (including phenoxy) is 3. The molecular formula is C17H27NO4. The van der Waals surface area contributed by atoms with Gasteiger partial charge in [0.2, 0.25) is 0 Å². The van der Waals surface area contributed by atoms with Gasteiger partial charge in [-0.3, -0.25) is 0 Å². The predicted octanol–water partition coefficient (Wildman–Crippen LogP) is 2.81. The van der Waals surface area contributed by atoms with Gasteiger partial charge in [0, 0.05) is 19.2 Å². The molecule has 0 aromatic heterocycles. The fourth-order valence-electron chi connectivity index (χ4n) is 2.45. The van der Waals surface area contributed by atoms with Gasteiger partial charge in [-0.25, -0.2) is 0 Å². The van der Waals surface area contributed by atoms with Gasteiger partial charge in [0.15, 0.2) is 6.79 Å². The van der Waals surface area contributed by atoms with Crippen LogP contribution in [0.3, 0.4) is 0 Å². The average Bonchev–Trinajstić information content (AvgIpc) is 2.96. The lowest BCUT2D eigenvalue weighted by molar-refractivity contribution is -0.00123. The van der Waals surface area contributed by atoms with Crippen LogP contribution in [0.4, 0.5) is 5.69 Å². The Bertz CT molecular complexity index is 464. The molecule has 0 spiro atoms. The van der Waals surface area contributed by atoms with Gasteiger partial charge in [0.25, 0.3) is 0 Å². The number of hydrogen-bond donors (Lipinski definition) is 1. The minimum absolute atomic E-state index is 0.00432. The maximum atomic E-state index is 8.69. The van der Waals surface area contributed by atoms with Gasteiger partial charge in [-0.15, -0.1) is 0 Å². The first-order chi connectivity index (χ1) is 10.5. The van der Waals surface area contributed by atoms with E-state index in [2.05, 4.69) is 4.90 Å². The number of anilines is 1. The number of aliphatic hydroxyl groups excluding tert-OH is 1. The molecule has 0 radical (unpaired) electrons. The molecule has 124 valence electrons. The lowest BCUT2D eigenvalue weighted by Crippen LogP contribution is -2.26. The highest BCUT2D eigenvalue weighted by atomic mass is 16.7. The summed E-state index contributed by atoms with van der Waals surface area (Å²) in [6.45, 7) is 8.65. The summed E-state index contributed by atoms with van der Waals surface area (Å²) in [5.74, 6) is 1.55. The van der Waals surface area contributed by atoms with Crippen molar-refractivity contribution in [3.05, 3.63) is 18.2 Å². The van der Waals surface area contributed by atoms with Crippen molar-refractivity contribution in [3.8, 4) is 11.5 Å². The van der Waals surface area contributed by atoms with E-state index in [1.807, 2.05) is 39.0 Å². The van der Waals surface area contributed by atoms with Crippen molar-refractivity contribution in [2.45, 2.75) is 39.2 Å². The lowest BCUT2D eigenvalue weighted by atomic mass is 10.2. The summed E-state index contributed by atoms with van der Waals surface area (Å²) in [5, 5.41) is 8.69. The summed E-state index contributed by atoms with van der Waals surface area (Å²) >= 11 is 0. The third kappa shape index (κ3) is 5.07. The monoisotopic (exact) mass is 309 g/mol. The molecule has 1 fully saturated rings. The summed E-state index contributed by atoms with van der Waals surface area (Å²) < 4.78 is 16.8. The summed E-state index contributed by atoms with van der Waals surface area (Å²) in [5.41, 5.74) is 0.858. The number of benzene rings is 1. The van der Waals surface area contributed by atoms with Crippen LogP contribution in [0.1, 0.15) is 33.6 Å². The van der Waals surface area contributed by atoms with Gasteiger partial charge in [0.1, 0.15) is 17.1 Å². The normalized spacial score (nSPS) is 15.2. The smallest absolute Gasteiger partial charge is 0.189 e. The van der Waals surface area contributed by atoms with E-state index >= 15 is 0 Å². The Morgan fingerprint density at radius 2 is 1.91 bits per heavy atom. The zero-order chi connectivity index (χ0) is 16.0. The van der Waals surface area contributed by atoms with Gasteiger partial charge in [0.05, 0.1) is 18.9 Å². The molecule has 22 heavy (non-hydrogen) atoms. The van der Waals surface area contributed by atoms with Gasteiger partial charge in [-0.2, -0.15) is 0 Å². The minimum atomic E-state index is -0.263. The van der Waals surface area contributed by atoms with E-state index in [1.54, 1.807) is 0 Å². The summed E-state index contributed by atoms with van der Waals surface area (Å²) in [6, 6.07) is 5.90. The Labute approximate surface area is 132 Å². The number of nitrogens with zero attached hydrogens (tertiary/aromatic N) is 1. The van der Waals surface area contributed by atoms with Crippen LogP contribution in [0.5, 0.6) is 11.5 Å². The number of hydrogen-bond acceptors (Lipinski definition) is 5. The van der Waals surface area contributed by atoms with E-state index < -0.39 is 0 Å². The fraction of sp³-hybridized carbons (Fsp3) is 0.647. The van der Waals surface area contributed by atoms with Crippen LogP contribution in [0.2, 0.25) is 0 Å². The predicted molar refractivity (Wildman–Crippen MR) is 86.8 cm³/mol. The van der Waals surface area contributed by atoms with Crippen molar-refractivity contribution in [1.82, 2.24) is 0 Å². The van der Waals surface area contributed by atoms with Crippen LogP contribution in [0.25, 0.3) is 0 Å². The van der Waals surface area contributed by atoms with Crippen molar-refractivity contribution >= 4 is 5.69 Å². The van der Waals surface area contributed by atoms with Crippen LogP contribution in [0.15, 0.2) is 18.2 Å². The zero-order valence-electron chi connectivity index (χ0n) is 13.8. The molecule has 5 heteroatoms. The fourth-order valence-corrected chi connectivity index (χ4v) is 2.45. The molecule has 0 atom stereocenters. The van der Waals surface area contributed by atoms with Gasteiger partial charge < -0.3 is 24.2 Å². The maximum absolute atomic E-state index is 8.69. The molecule has 1 aromatic rings. The standard InChI is InChI=1S/C17H27NO4/c1-17(2,3)22-16-12-14(21-13-20-11-10-19)6-7-15(16)18-8-4-5-9-18/h6-7,12,19H,4-5,8-11,13H2,1-3H3. The van der Waals surface area contributed by atoms with Crippen LogP contribution >= 0.6 is 0 Å². The molecule has 0 unspecified atom stereocenters. The molecule has 0 bridgehead atoms. The Morgan fingerprint density at radius 3 is 2.55 bits per heavy atom. The molecule has 5 nitrogen and oxygen atoms in total. The van der Waals surface area contributed by atoms with E-state index in [0.29, 0.717) is 5.75 Å². The Kier molecular flexibility index (Phi) is 5.91. The second-order valence-corrected chi connectivity index (χ2v) is 6.43. The van der Waals surface area contributed by atoms with Crippen molar-refractivity contribution in [2.24, 2.45) is 0 Å². The van der Waals surface area contributed by atoms with E-state index in [0.717, 1.165) is 24.5 Å². The van der Waals surface area contributed by atoms with E-state index in [9.17, 15) is 0 Å². The molecule has 0 aliphatic carbocycles.